The zero-order valence-corrected chi connectivity index (χ0v) is 11.8. The van der Waals surface area contributed by atoms with Gasteiger partial charge in [0.25, 0.3) is 10.0 Å². The Kier molecular flexibility index (Phi) is 3.69. The molecule has 0 aliphatic rings. The summed E-state index contributed by atoms with van der Waals surface area (Å²) >= 11 is 5.80. The average molecular weight is 316 g/mol. The highest BCUT2D eigenvalue weighted by molar-refractivity contribution is 7.92. The summed E-state index contributed by atoms with van der Waals surface area (Å²) in [7, 11) is -4.09. The van der Waals surface area contributed by atoms with E-state index in [9.17, 15) is 13.2 Å². The SMILES string of the molecule is Cc1ccc(Cl)cc1NS(=O)(=O)c1[nH]ncc1C(=O)O. The molecule has 0 fully saturated rings. The molecule has 1 aromatic heterocycles. The minimum atomic E-state index is -4.09. The molecule has 2 rings (SSSR count). The molecule has 9 heteroatoms. The van der Waals surface area contributed by atoms with Crippen LogP contribution in [0.2, 0.25) is 5.02 Å². The number of sulfonamides is 1. The van der Waals surface area contributed by atoms with Crippen LogP contribution in [0, 0.1) is 6.92 Å². The fraction of sp³-hybridized carbons (Fsp3) is 0.0909. The van der Waals surface area contributed by atoms with Gasteiger partial charge in [0.05, 0.1) is 11.9 Å². The minimum absolute atomic E-state index is 0.267. The van der Waals surface area contributed by atoms with Crippen molar-refractivity contribution in [2.75, 3.05) is 4.72 Å². The largest absolute Gasteiger partial charge is 0.478 e. The van der Waals surface area contributed by atoms with Gasteiger partial charge in [-0.25, -0.2) is 4.79 Å². The third kappa shape index (κ3) is 2.75. The van der Waals surface area contributed by atoms with Crippen molar-refractivity contribution in [3.63, 3.8) is 0 Å². The van der Waals surface area contributed by atoms with Crippen molar-refractivity contribution in [1.82, 2.24) is 10.2 Å². The predicted octanol–water partition coefficient (Wildman–Crippen LogP) is 1.87. The summed E-state index contributed by atoms with van der Waals surface area (Å²) in [5, 5.41) is 14.4. The van der Waals surface area contributed by atoms with Gasteiger partial charge in [-0.2, -0.15) is 13.5 Å². The lowest BCUT2D eigenvalue weighted by atomic mass is 10.2. The lowest BCUT2D eigenvalue weighted by Crippen LogP contribution is -2.17. The number of rotatable bonds is 4. The van der Waals surface area contributed by atoms with Crippen LogP contribution in [-0.2, 0) is 10.0 Å². The Morgan fingerprint density at radius 2 is 2.15 bits per heavy atom. The van der Waals surface area contributed by atoms with E-state index in [1.807, 2.05) is 0 Å². The third-order valence-electron chi connectivity index (χ3n) is 2.55. The molecule has 20 heavy (non-hydrogen) atoms. The van der Waals surface area contributed by atoms with Gasteiger partial charge in [-0.3, -0.25) is 9.82 Å². The maximum Gasteiger partial charge on any atom is 0.340 e. The normalized spacial score (nSPS) is 11.3. The van der Waals surface area contributed by atoms with Gasteiger partial charge in [-0.1, -0.05) is 17.7 Å². The second kappa shape index (κ2) is 5.14. The number of aromatic nitrogens is 2. The van der Waals surface area contributed by atoms with Crippen LogP contribution in [0.4, 0.5) is 5.69 Å². The van der Waals surface area contributed by atoms with Gasteiger partial charge in [0.1, 0.15) is 5.56 Å². The van der Waals surface area contributed by atoms with E-state index in [0.29, 0.717) is 10.6 Å². The molecule has 0 amide bonds. The van der Waals surface area contributed by atoms with Crippen LogP contribution in [0.3, 0.4) is 0 Å². The van der Waals surface area contributed by atoms with Gasteiger partial charge in [0.2, 0.25) is 0 Å². The van der Waals surface area contributed by atoms with Gasteiger partial charge >= 0.3 is 5.97 Å². The summed E-state index contributed by atoms with van der Waals surface area (Å²) in [6, 6.07) is 4.70. The quantitative estimate of drug-likeness (QED) is 0.797. The van der Waals surface area contributed by atoms with Crippen molar-refractivity contribution in [2.24, 2.45) is 0 Å². The molecule has 7 nitrogen and oxygen atoms in total. The van der Waals surface area contributed by atoms with E-state index >= 15 is 0 Å². The van der Waals surface area contributed by atoms with Crippen molar-refractivity contribution in [2.45, 2.75) is 11.9 Å². The molecule has 1 heterocycles. The number of nitrogens with one attached hydrogen (secondary N) is 2. The molecule has 0 atom stereocenters. The summed E-state index contributed by atoms with van der Waals surface area (Å²) in [6.07, 6.45) is 0.932. The first-order valence-electron chi connectivity index (χ1n) is 5.37. The minimum Gasteiger partial charge on any atom is -0.478 e. The molecule has 0 spiro atoms. The number of hydrogen-bond acceptors (Lipinski definition) is 4. The van der Waals surface area contributed by atoms with Gasteiger partial charge in [0.15, 0.2) is 5.03 Å². The number of carbonyl (C=O) groups is 1. The van der Waals surface area contributed by atoms with Crippen LogP contribution in [0.15, 0.2) is 29.4 Å². The molecule has 0 saturated heterocycles. The molecule has 0 aliphatic carbocycles. The summed E-state index contributed by atoms with van der Waals surface area (Å²) in [6.45, 7) is 1.69. The Balaban J connectivity index is 2.44. The van der Waals surface area contributed by atoms with E-state index in [1.165, 1.54) is 6.07 Å². The van der Waals surface area contributed by atoms with Crippen LogP contribution in [0.25, 0.3) is 0 Å². The number of halogens is 1. The van der Waals surface area contributed by atoms with Gasteiger partial charge in [0, 0.05) is 5.02 Å². The van der Waals surface area contributed by atoms with E-state index in [1.54, 1.807) is 19.1 Å². The Morgan fingerprint density at radius 1 is 1.45 bits per heavy atom. The molecule has 106 valence electrons. The van der Waals surface area contributed by atoms with Gasteiger partial charge in [-0.15, -0.1) is 0 Å². The van der Waals surface area contributed by atoms with Crippen LogP contribution in [0.1, 0.15) is 15.9 Å². The molecule has 0 radical (unpaired) electrons. The van der Waals surface area contributed by atoms with Crippen molar-refractivity contribution < 1.29 is 18.3 Å². The predicted molar refractivity (Wildman–Crippen MR) is 72.5 cm³/mol. The zero-order chi connectivity index (χ0) is 14.9. The number of anilines is 1. The van der Waals surface area contributed by atoms with Crippen LogP contribution in [0.5, 0.6) is 0 Å². The first-order valence-corrected chi connectivity index (χ1v) is 7.23. The number of carboxylic acids is 1. The first-order chi connectivity index (χ1) is 9.31. The fourth-order valence-corrected chi connectivity index (χ4v) is 2.92. The molecule has 0 saturated carbocycles. The Labute approximate surface area is 119 Å². The molecular weight excluding hydrogens is 306 g/mol. The Bertz CT molecular complexity index is 770. The molecule has 1 aromatic carbocycles. The highest BCUT2D eigenvalue weighted by atomic mass is 35.5. The monoisotopic (exact) mass is 315 g/mol. The maximum atomic E-state index is 12.2. The lowest BCUT2D eigenvalue weighted by molar-refractivity contribution is 0.0692. The molecular formula is C11H10ClN3O4S. The number of H-pyrrole nitrogens is 1. The smallest absolute Gasteiger partial charge is 0.340 e. The lowest BCUT2D eigenvalue weighted by Gasteiger charge is -2.10. The van der Waals surface area contributed by atoms with Crippen molar-refractivity contribution in [3.8, 4) is 0 Å². The summed E-state index contributed by atoms with van der Waals surface area (Å²) in [5.74, 6) is -1.39. The number of aryl methyl sites for hydroxylation is 1. The van der Waals surface area contributed by atoms with E-state index in [4.69, 9.17) is 16.7 Å². The van der Waals surface area contributed by atoms with Crippen LogP contribution in [-0.4, -0.2) is 29.7 Å². The maximum absolute atomic E-state index is 12.2. The van der Waals surface area contributed by atoms with Crippen LogP contribution >= 0.6 is 11.6 Å². The molecule has 0 bridgehead atoms. The summed E-state index contributed by atoms with van der Waals surface area (Å²) in [4.78, 5) is 10.9. The van der Waals surface area contributed by atoms with Gasteiger partial charge < -0.3 is 5.11 Å². The topological polar surface area (TPSA) is 112 Å². The summed E-state index contributed by atoms with van der Waals surface area (Å²) < 4.78 is 26.6. The number of carboxylic acid groups (broad SMARTS) is 1. The number of aromatic amines is 1. The van der Waals surface area contributed by atoms with Gasteiger partial charge in [-0.05, 0) is 24.6 Å². The van der Waals surface area contributed by atoms with E-state index in [2.05, 4.69) is 14.9 Å². The van der Waals surface area contributed by atoms with E-state index in [0.717, 1.165) is 6.20 Å². The number of aromatic carboxylic acids is 1. The summed E-state index contributed by atoms with van der Waals surface area (Å²) in [5.41, 5.74) is 0.481. The van der Waals surface area contributed by atoms with Crippen molar-refractivity contribution in [3.05, 3.63) is 40.5 Å². The highest BCUT2D eigenvalue weighted by Gasteiger charge is 2.25. The fourth-order valence-electron chi connectivity index (χ4n) is 1.53. The third-order valence-corrected chi connectivity index (χ3v) is 4.12. The van der Waals surface area contributed by atoms with Crippen molar-refractivity contribution in [1.29, 1.82) is 0 Å². The molecule has 0 unspecified atom stereocenters. The molecule has 2 aromatic rings. The second-order valence-corrected chi connectivity index (χ2v) is 6.04. The first kappa shape index (κ1) is 14.4. The highest BCUT2D eigenvalue weighted by Crippen LogP contribution is 2.23. The van der Waals surface area contributed by atoms with E-state index < -0.39 is 26.6 Å². The zero-order valence-electron chi connectivity index (χ0n) is 10.2. The van der Waals surface area contributed by atoms with Crippen LogP contribution < -0.4 is 4.72 Å². The number of nitrogens with zero attached hydrogens (tertiary/aromatic N) is 1. The molecule has 3 N–H and O–H groups in total. The Morgan fingerprint density at radius 3 is 2.80 bits per heavy atom. The van der Waals surface area contributed by atoms with Crippen molar-refractivity contribution >= 4 is 33.3 Å². The number of hydrogen-bond donors (Lipinski definition) is 3. The molecule has 0 aliphatic heterocycles. The second-order valence-electron chi connectivity index (χ2n) is 3.98. The standard InChI is InChI=1S/C11H10ClN3O4S/c1-6-2-3-7(12)4-9(6)15-20(18,19)10-8(11(16)17)5-13-14-10/h2-5,15H,1H3,(H,13,14)(H,16,17). The number of benzene rings is 1. The average Bonchev–Trinajstić information content (AvgIpc) is 2.83. The van der Waals surface area contributed by atoms with E-state index in [-0.39, 0.29) is 5.69 Å². The Hall–Kier alpha value is -2.06.